The quantitative estimate of drug-likeness (QED) is 0.508. The number of carbonyl (C=O) groups is 2. The summed E-state index contributed by atoms with van der Waals surface area (Å²) in [6, 6.07) is 7.66. The number of para-hydroxylation sites is 1. The van der Waals surface area contributed by atoms with E-state index in [0.29, 0.717) is 5.13 Å². The molecule has 3 rings (SSSR count). The van der Waals surface area contributed by atoms with Crippen molar-refractivity contribution in [3.05, 3.63) is 42.4 Å². The zero-order valence-corrected chi connectivity index (χ0v) is 13.1. The van der Waals surface area contributed by atoms with E-state index in [1.807, 2.05) is 24.3 Å². The molecule has 1 aromatic carbocycles. The van der Waals surface area contributed by atoms with Crippen LogP contribution in [0.25, 0.3) is 10.2 Å². The highest BCUT2D eigenvalue weighted by molar-refractivity contribution is 7.22. The number of anilines is 2. The van der Waals surface area contributed by atoms with Gasteiger partial charge in [-0.1, -0.05) is 23.5 Å². The standard InChI is InChI=1S/C14H13N7O2S/c15-12-11(16-5-6-17-12)13(23)21-20-10(22)7-18-14-19-8-3-1-2-4-9(8)24-14/h1-6H,7H2,(H2,15,17)(H,18,19)(H,20,22)(H,21,23). The monoisotopic (exact) mass is 343 g/mol. The third-order valence-electron chi connectivity index (χ3n) is 2.95. The average molecular weight is 343 g/mol. The summed E-state index contributed by atoms with van der Waals surface area (Å²) in [6.45, 7) is -0.0456. The molecule has 10 heteroatoms. The van der Waals surface area contributed by atoms with Crippen molar-refractivity contribution in [2.45, 2.75) is 0 Å². The van der Waals surface area contributed by atoms with Crippen LogP contribution in [0.4, 0.5) is 10.9 Å². The summed E-state index contributed by atoms with van der Waals surface area (Å²) in [5.74, 6) is -1.10. The van der Waals surface area contributed by atoms with Crippen LogP contribution in [0.15, 0.2) is 36.7 Å². The Hall–Kier alpha value is -3.27. The van der Waals surface area contributed by atoms with Gasteiger partial charge in [-0.25, -0.2) is 15.0 Å². The topological polar surface area (TPSA) is 135 Å². The third-order valence-corrected chi connectivity index (χ3v) is 3.95. The van der Waals surface area contributed by atoms with Crippen LogP contribution in [-0.2, 0) is 4.79 Å². The van der Waals surface area contributed by atoms with Gasteiger partial charge in [0, 0.05) is 12.4 Å². The molecule has 0 saturated carbocycles. The molecular formula is C14H13N7O2S. The van der Waals surface area contributed by atoms with Gasteiger partial charge < -0.3 is 11.1 Å². The number of carbonyl (C=O) groups excluding carboxylic acids is 2. The number of thiazole rings is 1. The normalized spacial score (nSPS) is 10.3. The van der Waals surface area contributed by atoms with Crippen LogP contribution in [0, 0.1) is 0 Å². The molecule has 0 aliphatic rings. The first-order chi connectivity index (χ1) is 11.6. The predicted molar refractivity (Wildman–Crippen MR) is 90.2 cm³/mol. The number of aromatic nitrogens is 3. The van der Waals surface area contributed by atoms with E-state index in [0.717, 1.165) is 10.2 Å². The SMILES string of the molecule is Nc1nccnc1C(=O)NNC(=O)CNc1nc2ccccc2s1. The number of fused-ring (bicyclic) bond motifs is 1. The van der Waals surface area contributed by atoms with Crippen molar-refractivity contribution in [3.8, 4) is 0 Å². The lowest BCUT2D eigenvalue weighted by Gasteiger charge is -2.08. The molecular weight excluding hydrogens is 330 g/mol. The fourth-order valence-electron chi connectivity index (χ4n) is 1.86. The van der Waals surface area contributed by atoms with Crippen LogP contribution in [0.5, 0.6) is 0 Å². The number of nitrogen functional groups attached to an aromatic ring is 1. The Morgan fingerprint density at radius 2 is 1.92 bits per heavy atom. The molecule has 0 radical (unpaired) electrons. The van der Waals surface area contributed by atoms with Gasteiger partial charge in [-0.15, -0.1) is 0 Å². The second kappa shape index (κ2) is 6.87. The molecule has 0 saturated heterocycles. The lowest BCUT2D eigenvalue weighted by atomic mass is 10.3. The first-order valence-corrected chi connectivity index (χ1v) is 7.70. The Labute approximate surface area is 140 Å². The third kappa shape index (κ3) is 3.55. The predicted octanol–water partition coefficient (Wildman–Crippen LogP) is 0.542. The molecule has 3 aromatic rings. The van der Waals surface area contributed by atoms with Gasteiger partial charge in [-0.2, -0.15) is 0 Å². The number of benzene rings is 1. The van der Waals surface area contributed by atoms with E-state index in [-0.39, 0.29) is 18.1 Å². The maximum absolute atomic E-state index is 11.8. The summed E-state index contributed by atoms with van der Waals surface area (Å²) >= 11 is 1.44. The van der Waals surface area contributed by atoms with Gasteiger partial charge in [0.15, 0.2) is 16.6 Å². The van der Waals surface area contributed by atoms with Gasteiger partial charge in [-0.05, 0) is 12.1 Å². The average Bonchev–Trinajstić information content (AvgIpc) is 3.01. The molecule has 9 nitrogen and oxygen atoms in total. The molecule has 0 fully saturated rings. The molecule has 0 spiro atoms. The van der Waals surface area contributed by atoms with Crippen molar-refractivity contribution < 1.29 is 9.59 Å². The number of amides is 2. The lowest BCUT2D eigenvalue weighted by molar-refractivity contribution is -0.120. The molecule has 122 valence electrons. The first-order valence-electron chi connectivity index (χ1n) is 6.88. The minimum atomic E-state index is -0.645. The number of hydrazine groups is 1. The Kier molecular flexibility index (Phi) is 4.47. The fourth-order valence-corrected chi connectivity index (χ4v) is 2.72. The zero-order valence-electron chi connectivity index (χ0n) is 12.3. The summed E-state index contributed by atoms with van der Waals surface area (Å²) in [5.41, 5.74) is 10.8. The van der Waals surface area contributed by atoms with Gasteiger partial charge in [0.25, 0.3) is 11.8 Å². The maximum Gasteiger partial charge on any atom is 0.292 e. The largest absolute Gasteiger partial charge is 0.382 e. The summed E-state index contributed by atoms with van der Waals surface area (Å²) in [4.78, 5) is 35.5. The number of rotatable bonds is 4. The van der Waals surface area contributed by atoms with Gasteiger partial charge >= 0.3 is 0 Å². The molecule has 0 unspecified atom stereocenters. The number of nitrogens with two attached hydrogens (primary N) is 1. The molecule has 0 aliphatic heterocycles. The van der Waals surface area contributed by atoms with Gasteiger partial charge in [0.2, 0.25) is 0 Å². The van der Waals surface area contributed by atoms with Gasteiger partial charge in [0.1, 0.15) is 0 Å². The second-order valence-electron chi connectivity index (χ2n) is 4.63. The van der Waals surface area contributed by atoms with Crippen LogP contribution in [0.1, 0.15) is 10.5 Å². The molecule has 0 bridgehead atoms. The molecule has 2 amide bonds. The Morgan fingerprint density at radius 3 is 2.71 bits per heavy atom. The van der Waals surface area contributed by atoms with Crippen LogP contribution in [0.2, 0.25) is 0 Å². The van der Waals surface area contributed by atoms with Crippen LogP contribution in [-0.4, -0.2) is 33.3 Å². The highest BCUT2D eigenvalue weighted by Crippen LogP contribution is 2.24. The lowest BCUT2D eigenvalue weighted by Crippen LogP contribution is -2.44. The van der Waals surface area contributed by atoms with Crippen LogP contribution >= 0.6 is 11.3 Å². The highest BCUT2D eigenvalue weighted by atomic mass is 32.1. The number of nitrogens with one attached hydrogen (secondary N) is 3. The van der Waals surface area contributed by atoms with E-state index >= 15 is 0 Å². The molecule has 0 atom stereocenters. The van der Waals surface area contributed by atoms with E-state index in [1.165, 1.54) is 23.7 Å². The van der Waals surface area contributed by atoms with E-state index in [9.17, 15) is 9.59 Å². The van der Waals surface area contributed by atoms with Crippen molar-refractivity contribution in [3.63, 3.8) is 0 Å². The summed E-state index contributed by atoms with van der Waals surface area (Å²) < 4.78 is 1.02. The first kappa shape index (κ1) is 15.6. The van der Waals surface area contributed by atoms with Crippen LogP contribution < -0.4 is 21.9 Å². The van der Waals surface area contributed by atoms with Crippen molar-refractivity contribution in [2.24, 2.45) is 0 Å². The van der Waals surface area contributed by atoms with Crippen molar-refractivity contribution in [1.29, 1.82) is 0 Å². The number of hydrogen-bond donors (Lipinski definition) is 4. The molecule has 24 heavy (non-hydrogen) atoms. The van der Waals surface area contributed by atoms with Crippen LogP contribution in [0.3, 0.4) is 0 Å². The number of hydrogen-bond acceptors (Lipinski definition) is 8. The molecule has 2 aromatic heterocycles. The van der Waals surface area contributed by atoms with E-state index < -0.39 is 11.8 Å². The van der Waals surface area contributed by atoms with E-state index in [4.69, 9.17) is 5.73 Å². The second-order valence-corrected chi connectivity index (χ2v) is 5.66. The summed E-state index contributed by atoms with van der Waals surface area (Å²) in [5, 5.41) is 3.52. The Morgan fingerprint density at radius 1 is 1.12 bits per heavy atom. The number of nitrogens with zero attached hydrogens (tertiary/aromatic N) is 3. The molecule has 2 heterocycles. The van der Waals surface area contributed by atoms with E-state index in [1.54, 1.807) is 0 Å². The zero-order chi connectivity index (χ0) is 16.9. The summed E-state index contributed by atoms with van der Waals surface area (Å²) in [7, 11) is 0. The van der Waals surface area contributed by atoms with Crippen molar-refractivity contribution in [2.75, 3.05) is 17.6 Å². The van der Waals surface area contributed by atoms with Crippen molar-refractivity contribution in [1.82, 2.24) is 25.8 Å². The fraction of sp³-hybridized carbons (Fsp3) is 0.0714. The Bertz CT molecular complexity index is 862. The maximum atomic E-state index is 11.8. The smallest absolute Gasteiger partial charge is 0.292 e. The molecule has 5 N–H and O–H groups in total. The van der Waals surface area contributed by atoms with Crippen molar-refractivity contribution >= 4 is 44.3 Å². The molecule has 0 aliphatic carbocycles. The van der Waals surface area contributed by atoms with Gasteiger partial charge in [-0.3, -0.25) is 20.4 Å². The van der Waals surface area contributed by atoms with Gasteiger partial charge in [0.05, 0.1) is 16.8 Å². The minimum Gasteiger partial charge on any atom is -0.382 e. The summed E-state index contributed by atoms with van der Waals surface area (Å²) in [6.07, 6.45) is 2.70. The Balaban J connectivity index is 1.51. The minimum absolute atomic E-state index is 0.0168. The highest BCUT2D eigenvalue weighted by Gasteiger charge is 2.13. The van der Waals surface area contributed by atoms with E-state index in [2.05, 4.69) is 31.1 Å².